The van der Waals surface area contributed by atoms with E-state index in [4.69, 9.17) is 0 Å². The molecule has 3 heterocycles. The minimum atomic E-state index is -0.0427. The predicted octanol–water partition coefficient (Wildman–Crippen LogP) is 2.36. The van der Waals surface area contributed by atoms with Crippen LogP contribution in [0.1, 0.15) is 42.7 Å². The number of piperidine rings is 1. The first-order chi connectivity index (χ1) is 11.7. The first-order valence-corrected chi connectivity index (χ1v) is 9.32. The summed E-state index contributed by atoms with van der Waals surface area (Å²) in [5.74, 6) is 0.552. The molecule has 4 unspecified atom stereocenters. The van der Waals surface area contributed by atoms with Crippen LogP contribution in [0.4, 0.5) is 0 Å². The summed E-state index contributed by atoms with van der Waals surface area (Å²) in [5, 5.41) is 3.73. The smallest absolute Gasteiger partial charge is 0.250 e. The van der Waals surface area contributed by atoms with Crippen molar-refractivity contribution in [1.29, 1.82) is 0 Å². The summed E-state index contributed by atoms with van der Waals surface area (Å²) in [6, 6.07) is 10.0. The maximum absolute atomic E-state index is 13.3. The third kappa shape index (κ3) is 2.12. The molecule has 0 radical (unpaired) electrons. The highest BCUT2D eigenvalue weighted by Crippen LogP contribution is 2.44. The van der Waals surface area contributed by atoms with E-state index in [1.165, 1.54) is 24.0 Å². The number of nitrogens with one attached hydrogen (secondary N) is 1. The van der Waals surface area contributed by atoms with Crippen LogP contribution in [-0.4, -0.2) is 46.4 Å². The predicted molar refractivity (Wildman–Crippen MR) is 93.4 cm³/mol. The van der Waals surface area contributed by atoms with Crippen LogP contribution < -0.4 is 5.32 Å². The van der Waals surface area contributed by atoms with Crippen molar-refractivity contribution in [1.82, 2.24) is 15.1 Å². The second-order valence-electron chi connectivity index (χ2n) is 7.79. The van der Waals surface area contributed by atoms with Gasteiger partial charge in [0.15, 0.2) is 0 Å². The number of carbonyl (C=O) groups excluding carboxylic acids is 1. The molecule has 1 saturated carbocycles. The molecule has 4 aliphatic rings. The number of carbonyl (C=O) groups is 1. The molecule has 126 valence electrons. The van der Waals surface area contributed by atoms with Gasteiger partial charge in [-0.05, 0) is 44.7 Å². The first-order valence-electron chi connectivity index (χ1n) is 9.32. The number of benzene rings is 1. The number of aryl methyl sites for hydroxylation is 1. The molecule has 5 rings (SSSR count). The van der Waals surface area contributed by atoms with E-state index in [9.17, 15) is 4.79 Å². The van der Waals surface area contributed by atoms with Crippen molar-refractivity contribution in [2.75, 3.05) is 6.54 Å². The van der Waals surface area contributed by atoms with E-state index >= 15 is 0 Å². The van der Waals surface area contributed by atoms with Crippen molar-refractivity contribution in [3.05, 3.63) is 47.8 Å². The summed E-state index contributed by atoms with van der Waals surface area (Å²) in [7, 11) is 0. The molecular formula is C20H25N3O. The molecule has 0 aromatic heterocycles. The molecule has 4 heteroatoms. The summed E-state index contributed by atoms with van der Waals surface area (Å²) >= 11 is 0. The number of hydrogen-bond donors (Lipinski definition) is 1. The second-order valence-corrected chi connectivity index (χ2v) is 7.79. The molecule has 0 spiro atoms. The number of amides is 1. The summed E-state index contributed by atoms with van der Waals surface area (Å²) in [4.78, 5) is 17.7. The van der Waals surface area contributed by atoms with Crippen molar-refractivity contribution in [2.24, 2.45) is 0 Å². The molecule has 1 aromatic rings. The van der Waals surface area contributed by atoms with E-state index in [-0.39, 0.29) is 12.0 Å². The van der Waals surface area contributed by atoms with Crippen molar-refractivity contribution in [3.8, 4) is 0 Å². The number of nitrogens with zero attached hydrogens (tertiary/aromatic N) is 2. The van der Waals surface area contributed by atoms with Crippen LogP contribution in [0.5, 0.6) is 0 Å². The third-order valence-corrected chi connectivity index (χ3v) is 6.21. The molecule has 4 atom stereocenters. The summed E-state index contributed by atoms with van der Waals surface area (Å²) in [5.41, 5.74) is 2.58. The van der Waals surface area contributed by atoms with Crippen molar-refractivity contribution in [3.63, 3.8) is 0 Å². The Labute approximate surface area is 143 Å². The van der Waals surface area contributed by atoms with Crippen LogP contribution in [0, 0.1) is 6.92 Å². The minimum Gasteiger partial charge on any atom is -0.359 e. The first kappa shape index (κ1) is 14.5. The van der Waals surface area contributed by atoms with Crippen molar-refractivity contribution in [2.45, 2.75) is 62.7 Å². The van der Waals surface area contributed by atoms with Gasteiger partial charge in [-0.2, -0.15) is 0 Å². The molecule has 1 aliphatic carbocycles. The monoisotopic (exact) mass is 323 g/mol. The quantitative estimate of drug-likeness (QED) is 0.907. The van der Waals surface area contributed by atoms with Crippen LogP contribution in [0.3, 0.4) is 0 Å². The maximum Gasteiger partial charge on any atom is 0.250 e. The lowest BCUT2D eigenvalue weighted by Gasteiger charge is -2.37. The van der Waals surface area contributed by atoms with Crippen LogP contribution in [0.15, 0.2) is 36.7 Å². The molecule has 4 nitrogen and oxygen atoms in total. The van der Waals surface area contributed by atoms with E-state index in [1.54, 1.807) is 0 Å². The highest BCUT2D eigenvalue weighted by Gasteiger charge is 2.55. The van der Waals surface area contributed by atoms with Gasteiger partial charge in [-0.3, -0.25) is 4.79 Å². The number of hydrogen-bond acceptors (Lipinski definition) is 3. The van der Waals surface area contributed by atoms with Gasteiger partial charge < -0.3 is 15.1 Å². The van der Waals surface area contributed by atoms with Crippen LogP contribution >= 0.6 is 0 Å². The molecule has 1 N–H and O–H groups in total. The van der Waals surface area contributed by atoms with Gasteiger partial charge in [-0.25, -0.2) is 0 Å². The summed E-state index contributed by atoms with van der Waals surface area (Å²) in [6.07, 6.45) is 8.92. The molecule has 2 saturated heterocycles. The van der Waals surface area contributed by atoms with Gasteiger partial charge >= 0.3 is 0 Å². The lowest BCUT2D eigenvalue weighted by molar-refractivity contribution is -0.135. The fourth-order valence-electron chi connectivity index (χ4n) is 4.88. The zero-order chi connectivity index (χ0) is 16.3. The molecular weight excluding hydrogens is 298 g/mol. The normalized spacial score (nSPS) is 35.1. The maximum atomic E-state index is 13.3. The molecule has 1 amide bonds. The number of rotatable bonds is 2. The van der Waals surface area contributed by atoms with Gasteiger partial charge in [0, 0.05) is 36.4 Å². The van der Waals surface area contributed by atoms with E-state index in [0.29, 0.717) is 24.0 Å². The van der Waals surface area contributed by atoms with Crippen molar-refractivity contribution >= 4 is 5.91 Å². The Morgan fingerprint density at radius 1 is 1.08 bits per heavy atom. The zero-order valence-electron chi connectivity index (χ0n) is 14.2. The molecule has 0 bridgehead atoms. The second kappa shape index (κ2) is 5.35. The molecule has 1 aromatic carbocycles. The van der Waals surface area contributed by atoms with E-state index in [2.05, 4.69) is 47.6 Å². The van der Waals surface area contributed by atoms with Crippen LogP contribution in [0.2, 0.25) is 0 Å². The van der Waals surface area contributed by atoms with Gasteiger partial charge in [0.1, 0.15) is 6.04 Å². The highest BCUT2D eigenvalue weighted by atomic mass is 16.2. The van der Waals surface area contributed by atoms with Crippen LogP contribution in [0.25, 0.3) is 0 Å². The van der Waals surface area contributed by atoms with Gasteiger partial charge in [0.25, 0.3) is 0 Å². The average molecular weight is 323 g/mol. The highest BCUT2D eigenvalue weighted by molar-refractivity contribution is 5.86. The standard InChI is InChI=1S/C20H25N3O/c1-13-4-6-14(7-5-13)17-18-16(3-2-10-21-18)23-12-11-22(15-8-9-15)20(24)19(17)23/h4-7,11-12,15-19,21H,2-3,8-10H2,1H3. The Balaban J connectivity index is 1.56. The SMILES string of the molecule is Cc1ccc(C2C3NCCCC3N3C=CN(C4CC4)C(=O)C23)cc1. The van der Waals surface area contributed by atoms with Gasteiger partial charge in [0.05, 0.1) is 0 Å². The minimum absolute atomic E-state index is 0.0427. The zero-order valence-corrected chi connectivity index (χ0v) is 14.2. The lowest BCUT2D eigenvalue weighted by atomic mass is 9.83. The van der Waals surface area contributed by atoms with E-state index in [0.717, 1.165) is 19.4 Å². The topological polar surface area (TPSA) is 35.6 Å². The van der Waals surface area contributed by atoms with E-state index < -0.39 is 0 Å². The summed E-state index contributed by atoms with van der Waals surface area (Å²) in [6.45, 7) is 3.18. The molecule has 3 fully saturated rings. The fraction of sp³-hybridized carbons (Fsp3) is 0.550. The Kier molecular flexibility index (Phi) is 3.24. The molecule has 24 heavy (non-hydrogen) atoms. The average Bonchev–Trinajstić information content (AvgIpc) is 3.38. The van der Waals surface area contributed by atoms with Gasteiger partial charge in [-0.1, -0.05) is 29.8 Å². The summed E-state index contributed by atoms with van der Waals surface area (Å²) < 4.78 is 0. The Bertz CT molecular complexity index is 679. The van der Waals surface area contributed by atoms with Crippen LogP contribution in [-0.2, 0) is 4.79 Å². The third-order valence-electron chi connectivity index (χ3n) is 6.21. The van der Waals surface area contributed by atoms with E-state index in [1.807, 2.05) is 11.1 Å². The lowest BCUT2D eigenvalue weighted by Crippen LogP contribution is -2.50. The van der Waals surface area contributed by atoms with Gasteiger partial charge in [0.2, 0.25) is 5.91 Å². The Hall–Kier alpha value is -1.81. The largest absolute Gasteiger partial charge is 0.359 e. The van der Waals surface area contributed by atoms with Crippen molar-refractivity contribution < 1.29 is 4.79 Å². The Morgan fingerprint density at radius 2 is 1.88 bits per heavy atom. The Morgan fingerprint density at radius 3 is 2.62 bits per heavy atom. The fourth-order valence-corrected chi connectivity index (χ4v) is 4.88. The molecule has 3 aliphatic heterocycles. The van der Waals surface area contributed by atoms with Gasteiger partial charge in [-0.15, -0.1) is 0 Å². The number of fused-ring (bicyclic) bond motifs is 3.